The van der Waals surface area contributed by atoms with Gasteiger partial charge in [-0.15, -0.1) is 0 Å². The van der Waals surface area contributed by atoms with Gasteiger partial charge in [0, 0.05) is 11.8 Å². The average molecular weight is 215 g/mol. The number of H-pyrrole nitrogens is 1. The lowest BCUT2D eigenvalue weighted by Gasteiger charge is -2.05. The van der Waals surface area contributed by atoms with Crippen molar-refractivity contribution in [3.8, 4) is 16.9 Å². The van der Waals surface area contributed by atoms with Gasteiger partial charge in [-0.2, -0.15) is 0 Å². The van der Waals surface area contributed by atoms with Crippen LogP contribution in [-0.2, 0) is 6.42 Å². The number of hydrogen-bond acceptors (Lipinski definition) is 2. The highest BCUT2D eigenvalue weighted by Crippen LogP contribution is 2.25. The molecule has 3 heteroatoms. The predicted molar refractivity (Wildman–Crippen MR) is 63.5 cm³/mol. The molecule has 2 aromatic rings. The number of aryl methyl sites for hydroxylation is 1. The normalized spacial score (nSPS) is 10.3. The summed E-state index contributed by atoms with van der Waals surface area (Å²) in [5, 5.41) is 9.84. The quantitative estimate of drug-likeness (QED) is 0.807. The summed E-state index contributed by atoms with van der Waals surface area (Å²) in [6.07, 6.45) is 0.692. The van der Waals surface area contributed by atoms with Crippen LogP contribution >= 0.6 is 0 Å². The standard InChI is InChI=1S/C13H13NO2/c1-2-10-8-11(15)12(13(16)14-10)9-6-4-3-5-7-9/h3-8H,2H2,1H3,(H2,14,15,16). The van der Waals surface area contributed by atoms with Crippen LogP contribution in [0.3, 0.4) is 0 Å². The zero-order valence-corrected chi connectivity index (χ0v) is 9.03. The molecule has 0 atom stereocenters. The Morgan fingerprint density at radius 3 is 2.50 bits per heavy atom. The second kappa shape index (κ2) is 4.23. The lowest BCUT2D eigenvalue weighted by Crippen LogP contribution is -2.11. The van der Waals surface area contributed by atoms with E-state index in [0.717, 1.165) is 11.3 Å². The molecule has 2 rings (SSSR count). The van der Waals surface area contributed by atoms with Crippen LogP contribution in [0.5, 0.6) is 5.75 Å². The zero-order valence-electron chi connectivity index (χ0n) is 9.03. The van der Waals surface area contributed by atoms with E-state index in [0.29, 0.717) is 12.0 Å². The van der Waals surface area contributed by atoms with E-state index in [4.69, 9.17) is 0 Å². The first-order chi connectivity index (χ1) is 7.72. The van der Waals surface area contributed by atoms with Crippen molar-refractivity contribution in [2.24, 2.45) is 0 Å². The van der Waals surface area contributed by atoms with E-state index in [1.165, 1.54) is 0 Å². The third kappa shape index (κ3) is 1.84. The van der Waals surface area contributed by atoms with Crippen molar-refractivity contribution in [3.63, 3.8) is 0 Å². The van der Waals surface area contributed by atoms with Gasteiger partial charge in [-0.25, -0.2) is 0 Å². The van der Waals surface area contributed by atoms with E-state index in [9.17, 15) is 9.90 Å². The second-order valence-electron chi connectivity index (χ2n) is 3.60. The lowest BCUT2D eigenvalue weighted by molar-refractivity contribution is 0.475. The summed E-state index contributed by atoms with van der Waals surface area (Å²) >= 11 is 0. The highest BCUT2D eigenvalue weighted by Gasteiger charge is 2.09. The molecule has 1 heterocycles. The molecule has 0 fully saturated rings. The van der Waals surface area contributed by atoms with Gasteiger partial charge in [-0.1, -0.05) is 37.3 Å². The molecule has 0 unspecified atom stereocenters. The fourth-order valence-electron chi connectivity index (χ4n) is 1.67. The Hall–Kier alpha value is -2.03. The third-order valence-electron chi connectivity index (χ3n) is 2.51. The monoisotopic (exact) mass is 215 g/mol. The Labute approximate surface area is 93.4 Å². The molecular formula is C13H13NO2. The van der Waals surface area contributed by atoms with E-state index in [2.05, 4.69) is 4.98 Å². The van der Waals surface area contributed by atoms with Crippen LogP contribution in [0.4, 0.5) is 0 Å². The third-order valence-corrected chi connectivity index (χ3v) is 2.51. The van der Waals surface area contributed by atoms with Gasteiger partial charge in [-0.05, 0) is 12.0 Å². The summed E-state index contributed by atoms with van der Waals surface area (Å²) in [5.41, 5.74) is 1.55. The molecule has 16 heavy (non-hydrogen) atoms. The maximum atomic E-state index is 11.8. The van der Waals surface area contributed by atoms with Crippen LogP contribution in [0.25, 0.3) is 11.1 Å². The number of hydrogen-bond donors (Lipinski definition) is 2. The molecule has 0 saturated heterocycles. The summed E-state index contributed by atoms with van der Waals surface area (Å²) in [4.78, 5) is 14.6. The summed E-state index contributed by atoms with van der Waals surface area (Å²) in [7, 11) is 0. The molecule has 2 N–H and O–H groups in total. The molecule has 0 radical (unpaired) electrons. The molecule has 0 bridgehead atoms. The highest BCUT2D eigenvalue weighted by atomic mass is 16.3. The van der Waals surface area contributed by atoms with E-state index in [-0.39, 0.29) is 11.3 Å². The molecule has 0 aliphatic heterocycles. The van der Waals surface area contributed by atoms with Crippen molar-refractivity contribution in [1.82, 2.24) is 4.98 Å². The van der Waals surface area contributed by atoms with Gasteiger partial charge in [-0.3, -0.25) is 4.79 Å². The molecular weight excluding hydrogens is 202 g/mol. The molecule has 0 aliphatic rings. The minimum atomic E-state index is -0.247. The van der Waals surface area contributed by atoms with Gasteiger partial charge >= 0.3 is 0 Å². The SMILES string of the molecule is CCc1cc(O)c(-c2ccccc2)c(=O)[nH]1. The molecule has 3 nitrogen and oxygen atoms in total. The number of pyridine rings is 1. The Morgan fingerprint density at radius 2 is 1.94 bits per heavy atom. The molecule has 1 aromatic heterocycles. The fraction of sp³-hybridized carbons (Fsp3) is 0.154. The number of aromatic hydroxyl groups is 1. The molecule has 82 valence electrons. The van der Waals surface area contributed by atoms with Crippen molar-refractivity contribution in [3.05, 3.63) is 52.4 Å². The van der Waals surface area contributed by atoms with Crippen LogP contribution < -0.4 is 5.56 Å². The van der Waals surface area contributed by atoms with Gasteiger partial charge in [0.05, 0.1) is 5.56 Å². The Bertz CT molecular complexity index is 544. The summed E-state index contributed by atoms with van der Waals surface area (Å²) in [5.74, 6) is 0.0341. The number of benzene rings is 1. The Kier molecular flexibility index (Phi) is 2.77. The molecule has 1 aromatic carbocycles. The number of rotatable bonds is 2. The molecule has 0 spiro atoms. The minimum Gasteiger partial charge on any atom is -0.507 e. The molecule has 0 amide bonds. The van der Waals surface area contributed by atoms with E-state index in [1.54, 1.807) is 18.2 Å². The van der Waals surface area contributed by atoms with Crippen molar-refractivity contribution in [2.75, 3.05) is 0 Å². The topological polar surface area (TPSA) is 53.1 Å². The van der Waals surface area contributed by atoms with E-state index < -0.39 is 0 Å². The summed E-state index contributed by atoms with van der Waals surface area (Å²) in [6.45, 7) is 1.92. The minimum absolute atomic E-state index is 0.0341. The van der Waals surface area contributed by atoms with Gasteiger partial charge in [0.15, 0.2) is 0 Å². The van der Waals surface area contributed by atoms with Crippen LogP contribution in [0.1, 0.15) is 12.6 Å². The summed E-state index contributed by atoms with van der Waals surface area (Å²) < 4.78 is 0. The molecule has 0 aliphatic carbocycles. The van der Waals surface area contributed by atoms with Crippen LogP contribution in [0.15, 0.2) is 41.2 Å². The fourth-order valence-corrected chi connectivity index (χ4v) is 1.67. The maximum absolute atomic E-state index is 11.8. The van der Waals surface area contributed by atoms with Crippen LogP contribution in [0.2, 0.25) is 0 Å². The zero-order chi connectivity index (χ0) is 11.5. The Morgan fingerprint density at radius 1 is 1.25 bits per heavy atom. The van der Waals surface area contributed by atoms with Crippen molar-refractivity contribution >= 4 is 0 Å². The lowest BCUT2D eigenvalue weighted by atomic mass is 10.1. The van der Waals surface area contributed by atoms with Crippen molar-refractivity contribution in [2.45, 2.75) is 13.3 Å². The van der Waals surface area contributed by atoms with Gasteiger partial charge in [0.1, 0.15) is 5.75 Å². The molecule has 0 saturated carbocycles. The van der Waals surface area contributed by atoms with Gasteiger partial charge in [0.2, 0.25) is 0 Å². The maximum Gasteiger partial charge on any atom is 0.259 e. The predicted octanol–water partition coefficient (Wildman–Crippen LogP) is 2.31. The van der Waals surface area contributed by atoms with Crippen LogP contribution in [-0.4, -0.2) is 10.1 Å². The van der Waals surface area contributed by atoms with E-state index >= 15 is 0 Å². The van der Waals surface area contributed by atoms with E-state index in [1.807, 2.05) is 25.1 Å². The summed E-state index contributed by atoms with van der Waals surface area (Å²) in [6, 6.07) is 10.7. The number of aromatic nitrogens is 1. The Balaban J connectivity index is 2.63. The first-order valence-electron chi connectivity index (χ1n) is 5.23. The van der Waals surface area contributed by atoms with Crippen LogP contribution in [0, 0.1) is 0 Å². The first-order valence-corrected chi connectivity index (χ1v) is 5.23. The van der Waals surface area contributed by atoms with Gasteiger partial charge in [0.25, 0.3) is 5.56 Å². The van der Waals surface area contributed by atoms with Crippen molar-refractivity contribution in [1.29, 1.82) is 0 Å². The largest absolute Gasteiger partial charge is 0.507 e. The number of aromatic amines is 1. The average Bonchev–Trinajstić information content (AvgIpc) is 2.29. The highest BCUT2D eigenvalue weighted by molar-refractivity contribution is 5.68. The van der Waals surface area contributed by atoms with Gasteiger partial charge < -0.3 is 10.1 Å². The smallest absolute Gasteiger partial charge is 0.259 e. The van der Waals surface area contributed by atoms with Crippen molar-refractivity contribution < 1.29 is 5.11 Å². The second-order valence-corrected chi connectivity index (χ2v) is 3.60. The first kappa shape index (κ1) is 10.5. The number of nitrogens with one attached hydrogen (secondary N) is 1.